The van der Waals surface area contributed by atoms with E-state index in [-0.39, 0.29) is 21.6 Å². The summed E-state index contributed by atoms with van der Waals surface area (Å²) < 4.78 is 5.43. The van der Waals surface area contributed by atoms with Gasteiger partial charge in [-0.2, -0.15) is 0 Å². The van der Waals surface area contributed by atoms with Crippen molar-refractivity contribution < 1.29 is 19.1 Å². The van der Waals surface area contributed by atoms with Gasteiger partial charge in [0.2, 0.25) is 0 Å². The molecule has 5 nitrogen and oxygen atoms in total. The van der Waals surface area contributed by atoms with E-state index >= 15 is 0 Å². The number of rotatable bonds is 4. The summed E-state index contributed by atoms with van der Waals surface area (Å²) in [5.41, 5.74) is 0.525. The van der Waals surface area contributed by atoms with Gasteiger partial charge in [-0.1, -0.05) is 43.0 Å². The van der Waals surface area contributed by atoms with E-state index in [0.717, 1.165) is 24.6 Å². The average Bonchev–Trinajstić information content (AvgIpc) is 2.89. The summed E-state index contributed by atoms with van der Waals surface area (Å²) in [6.07, 6.45) is 7.62. The minimum Gasteiger partial charge on any atom is -0.425 e. The molecule has 0 spiro atoms. The SMILES string of the molecule is O=C(CC1CCCCC1)Oc1cccc(/C=C2\SC(=O)NC2=O)c1Cl. The van der Waals surface area contributed by atoms with Crippen molar-refractivity contribution in [1.29, 1.82) is 0 Å². The van der Waals surface area contributed by atoms with Gasteiger partial charge >= 0.3 is 5.97 Å². The van der Waals surface area contributed by atoms with E-state index in [1.54, 1.807) is 18.2 Å². The second kappa shape index (κ2) is 8.06. The van der Waals surface area contributed by atoms with E-state index < -0.39 is 11.1 Å². The number of benzene rings is 1. The number of imide groups is 1. The Hall–Kier alpha value is -1.79. The lowest BCUT2D eigenvalue weighted by Gasteiger charge is -2.20. The van der Waals surface area contributed by atoms with Crippen LogP contribution in [0.4, 0.5) is 4.79 Å². The molecule has 2 aliphatic rings. The zero-order valence-electron chi connectivity index (χ0n) is 13.5. The molecule has 1 aromatic carbocycles. The molecule has 0 unspecified atom stereocenters. The predicted octanol–water partition coefficient (Wildman–Crippen LogP) is 4.54. The molecule has 1 saturated heterocycles. The molecule has 1 aromatic rings. The Kier molecular flexibility index (Phi) is 5.81. The third-order valence-corrected chi connectivity index (χ3v) is 5.54. The summed E-state index contributed by atoms with van der Waals surface area (Å²) in [6, 6.07) is 5.02. The molecule has 0 atom stereocenters. The number of carbonyl (C=O) groups excluding carboxylic acids is 3. The molecule has 1 heterocycles. The summed E-state index contributed by atoms with van der Waals surface area (Å²) in [5.74, 6) is -0.0889. The fraction of sp³-hybridized carbons (Fsp3) is 0.389. The summed E-state index contributed by atoms with van der Waals surface area (Å²) in [5, 5.41) is 2.02. The topological polar surface area (TPSA) is 72.5 Å². The highest BCUT2D eigenvalue weighted by Crippen LogP contribution is 2.34. The monoisotopic (exact) mass is 379 g/mol. The van der Waals surface area contributed by atoms with Gasteiger partial charge in [0.1, 0.15) is 5.75 Å². The first-order valence-corrected chi connectivity index (χ1v) is 9.46. The Balaban J connectivity index is 1.70. The molecule has 0 bridgehead atoms. The van der Waals surface area contributed by atoms with Gasteiger partial charge in [-0.25, -0.2) is 0 Å². The van der Waals surface area contributed by atoms with Crippen molar-refractivity contribution in [2.45, 2.75) is 38.5 Å². The molecular formula is C18H18ClNO4S. The molecule has 2 fully saturated rings. The molecular weight excluding hydrogens is 362 g/mol. The maximum atomic E-state index is 12.2. The summed E-state index contributed by atoms with van der Waals surface area (Å²) in [4.78, 5) is 35.3. The third kappa shape index (κ3) is 4.64. The fourth-order valence-electron chi connectivity index (χ4n) is 3.07. The van der Waals surface area contributed by atoms with Crippen LogP contribution in [0, 0.1) is 5.92 Å². The van der Waals surface area contributed by atoms with Crippen LogP contribution in [0.1, 0.15) is 44.1 Å². The van der Waals surface area contributed by atoms with E-state index in [4.69, 9.17) is 16.3 Å². The molecule has 1 saturated carbocycles. The lowest BCUT2D eigenvalue weighted by atomic mass is 9.87. The van der Waals surface area contributed by atoms with Crippen molar-refractivity contribution in [1.82, 2.24) is 5.32 Å². The quantitative estimate of drug-likeness (QED) is 0.472. The lowest BCUT2D eigenvalue weighted by Crippen LogP contribution is -2.17. The maximum absolute atomic E-state index is 12.2. The number of amides is 2. The number of ether oxygens (including phenoxy) is 1. The van der Waals surface area contributed by atoms with Crippen LogP contribution >= 0.6 is 23.4 Å². The molecule has 25 heavy (non-hydrogen) atoms. The summed E-state index contributed by atoms with van der Waals surface area (Å²) >= 11 is 7.13. The lowest BCUT2D eigenvalue weighted by molar-refractivity contribution is -0.135. The normalized spacial score (nSPS) is 20.0. The second-order valence-electron chi connectivity index (χ2n) is 6.19. The van der Waals surface area contributed by atoms with Gasteiger partial charge in [0.05, 0.1) is 9.93 Å². The number of hydrogen-bond acceptors (Lipinski definition) is 5. The number of esters is 1. The van der Waals surface area contributed by atoms with Crippen molar-refractivity contribution in [2.24, 2.45) is 5.92 Å². The van der Waals surface area contributed by atoms with Crippen LogP contribution in [0.5, 0.6) is 5.75 Å². The first-order valence-electron chi connectivity index (χ1n) is 8.27. The summed E-state index contributed by atoms with van der Waals surface area (Å²) in [6.45, 7) is 0. The average molecular weight is 380 g/mol. The van der Waals surface area contributed by atoms with Gasteiger partial charge in [0.15, 0.2) is 0 Å². The van der Waals surface area contributed by atoms with Crippen LogP contribution < -0.4 is 10.1 Å². The van der Waals surface area contributed by atoms with Gasteiger partial charge in [-0.3, -0.25) is 19.7 Å². The first-order chi connectivity index (χ1) is 12.0. The van der Waals surface area contributed by atoms with E-state index in [9.17, 15) is 14.4 Å². The molecule has 7 heteroatoms. The van der Waals surface area contributed by atoms with Gasteiger partial charge in [-0.15, -0.1) is 0 Å². The molecule has 1 aliphatic carbocycles. The minimum atomic E-state index is -0.453. The van der Waals surface area contributed by atoms with Crippen LogP contribution in [0.3, 0.4) is 0 Å². The largest absolute Gasteiger partial charge is 0.425 e. The van der Waals surface area contributed by atoms with E-state index in [0.29, 0.717) is 17.9 Å². The van der Waals surface area contributed by atoms with Crippen molar-refractivity contribution >= 4 is 46.6 Å². The predicted molar refractivity (Wildman–Crippen MR) is 97.4 cm³/mol. The van der Waals surface area contributed by atoms with Gasteiger partial charge in [0, 0.05) is 6.42 Å². The number of halogens is 1. The van der Waals surface area contributed by atoms with Crippen molar-refractivity contribution in [2.75, 3.05) is 0 Å². The minimum absolute atomic E-state index is 0.250. The van der Waals surface area contributed by atoms with Crippen LogP contribution in [-0.2, 0) is 9.59 Å². The molecule has 1 N–H and O–H groups in total. The van der Waals surface area contributed by atoms with E-state index in [1.807, 2.05) is 0 Å². The Morgan fingerprint density at radius 2 is 2.04 bits per heavy atom. The Labute approximate surface area is 155 Å². The highest BCUT2D eigenvalue weighted by atomic mass is 35.5. The smallest absolute Gasteiger partial charge is 0.311 e. The number of nitrogens with one attached hydrogen (secondary N) is 1. The fourth-order valence-corrected chi connectivity index (χ4v) is 3.96. The van der Waals surface area contributed by atoms with Crippen LogP contribution in [0.15, 0.2) is 23.1 Å². The van der Waals surface area contributed by atoms with Gasteiger partial charge in [-0.05, 0) is 48.2 Å². The maximum Gasteiger partial charge on any atom is 0.311 e. The highest BCUT2D eigenvalue weighted by Gasteiger charge is 2.25. The van der Waals surface area contributed by atoms with Crippen LogP contribution in [0.25, 0.3) is 6.08 Å². The van der Waals surface area contributed by atoms with Gasteiger partial charge < -0.3 is 4.74 Å². The third-order valence-electron chi connectivity index (χ3n) is 4.33. The van der Waals surface area contributed by atoms with E-state index in [2.05, 4.69) is 5.32 Å². The Morgan fingerprint density at radius 3 is 2.72 bits per heavy atom. The van der Waals surface area contributed by atoms with Gasteiger partial charge in [0.25, 0.3) is 11.1 Å². The number of carbonyl (C=O) groups is 3. The highest BCUT2D eigenvalue weighted by molar-refractivity contribution is 8.18. The number of hydrogen-bond donors (Lipinski definition) is 1. The molecule has 132 valence electrons. The molecule has 1 aliphatic heterocycles. The molecule has 0 radical (unpaired) electrons. The van der Waals surface area contributed by atoms with E-state index in [1.165, 1.54) is 25.3 Å². The standard InChI is InChI=1S/C18H18ClNO4S/c19-16-12(10-14-17(22)20-18(23)25-14)7-4-8-13(16)24-15(21)9-11-5-2-1-3-6-11/h4,7-8,10-11H,1-3,5-6,9H2,(H,20,22,23)/b14-10-. The Bertz CT molecular complexity index is 741. The molecule has 3 rings (SSSR count). The van der Waals surface area contributed by atoms with Crippen molar-refractivity contribution in [3.05, 3.63) is 33.7 Å². The van der Waals surface area contributed by atoms with Crippen molar-refractivity contribution in [3.8, 4) is 5.75 Å². The summed E-state index contributed by atoms with van der Waals surface area (Å²) in [7, 11) is 0. The van der Waals surface area contributed by atoms with Crippen LogP contribution in [0.2, 0.25) is 5.02 Å². The Morgan fingerprint density at radius 1 is 1.28 bits per heavy atom. The second-order valence-corrected chi connectivity index (χ2v) is 7.59. The zero-order valence-corrected chi connectivity index (χ0v) is 15.1. The van der Waals surface area contributed by atoms with Crippen molar-refractivity contribution in [3.63, 3.8) is 0 Å². The van der Waals surface area contributed by atoms with Crippen LogP contribution in [-0.4, -0.2) is 17.1 Å². The number of thioether (sulfide) groups is 1. The molecule has 2 amide bonds. The first kappa shape index (κ1) is 18.0. The molecule has 0 aromatic heterocycles. The zero-order chi connectivity index (χ0) is 17.8.